The Morgan fingerprint density at radius 1 is 0.891 bits per heavy atom. The summed E-state index contributed by atoms with van der Waals surface area (Å²) in [5.74, 6) is -3.98. The molecule has 3 N–H and O–H groups in total. The monoisotopic (exact) mass is 801 g/mol. The second-order valence-corrected chi connectivity index (χ2v) is 18.0. The van der Waals surface area contributed by atoms with Gasteiger partial charge in [0.1, 0.15) is 12.1 Å². The molecule has 0 bridgehead atoms. The highest BCUT2D eigenvalue weighted by Crippen LogP contribution is 2.63. The standard InChI is InChI=1S/C38H58F2N3O11P/c1-25(44)41-30(23-27-16-18-28(19-17-27)38(39,40)55(50,51)54-35(49)37(5,6)7)32(46)42-29(20-21-31(45)52-24-53-34(48)36(2,3)4)33(47)43(8)22-12-15-26-13-10-9-11-14-26/h16-19,26,29-30H,9-15,20-24H2,1-8H3,(H,41,44)(H,42,46)(H,50,51)/t29-,30-/m0/s1. The third-order valence-corrected chi connectivity index (χ3v) is 10.5. The fraction of sp³-hybridized carbons (Fsp3) is 0.684. The molecule has 1 aliphatic rings. The molecule has 0 saturated heterocycles. The lowest BCUT2D eigenvalue weighted by molar-refractivity contribution is -0.173. The van der Waals surface area contributed by atoms with Crippen molar-refractivity contribution in [3.05, 3.63) is 35.4 Å². The van der Waals surface area contributed by atoms with Gasteiger partial charge in [-0.1, -0.05) is 56.4 Å². The highest BCUT2D eigenvalue weighted by atomic mass is 31.2. The molecular weight excluding hydrogens is 743 g/mol. The highest BCUT2D eigenvalue weighted by Gasteiger charge is 2.55. The van der Waals surface area contributed by atoms with Gasteiger partial charge in [-0.25, -0.2) is 4.57 Å². The Morgan fingerprint density at radius 3 is 2.02 bits per heavy atom. The average Bonchev–Trinajstić information content (AvgIpc) is 3.08. The van der Waals surface area contributed by atoms with E-state index in [4.69, 9.17) is 9.47 Å². The normalized spacial score (nSPS) is 16.1. The van der Waals surface area contributed by atoms with Gasteiger partial charge in [0.2, 0.25) is 24.5 Å². The van der Waals surface area contributed by atoms with Gasteiger partial charge in [0.15, 0.2) is 0 Å². The molecule has 1 aliphatic carbocycles. The van der Waals surface area contributed by atoms with Gasteiger partial charge in [-0.2, -0.15) is 8.78 Å². The van der Waals surface area contributed by atoms with Gasteiger partial charge in [-0.05, 0) is 72.3 Å². The SMILES string of the molecule is CC(=O)N[C@@H](Cc1ccc(C(F)(F)P(=O)(O)OC(=O)C(C)(C)C)cc1)C(=O)N[C@@H](CCC(=O)OCOC(=O)C(C)(C)C)C(=O)N(C)CCCC1CCCCC1. The number of amides is 3. The van der Waals surface area contributed by atoms with E-state index in [0.29, 0.717) is 12.5 Å². The first kappa shape index (κ1) is 47.2. The van der Waals surface area contributed by atoms with Crippen molar-refractivity contribution in [3.63, 3.8) is 0 Å². The Kier molecular flexibility index (Phi) is 17.4. The van der Waals surface area contributed by atoms with Crippen LogP contribution in [0.25, 0.3) is 0 Å². The van der Waals surface area contributed by atoms with Crippen LogP contribution in [-0.4, -0.2) is 77.9 Å². The van der Waals surface area contributed by atoms with E-state index < -0.39 is 84.2 Å². The van der Waals surface area contributed by atoms with E-state index in [1.165, 1.54) is 44.9 Å². The summed E-state index contributed by atoms with van der Waals surface area (Å²) in [5, 5.41) is 5.11. The number of alkyl halides is 2. The number of benzene rings is 1. The van der Waals surface area contributed by atoms with E-state index >= 15 is 8.78 Å². The molecule has 0 radical (unpaired) electrons. The molecule has 0 heterocycles. The second-order valence-electron chi connectivity index (χ2n) is 16.2. The summed E-state index contributed by atoms with van der Waals surface area (Å²) in [4.78, 5) is 87.7. The first-order chi connectivity index (χ1) is 25.3. The highest BCUT2D eigenvalue weighted by molar-refractivity contribution is 7.54. The van der Waals surface area contributed by atoms with Crippen LogP contribution in [0, 0.1) is 16.7 Å². The van der Waals surface area contributed by atoms with Gasteiger partial charge in [-0.15, -0.1) is 0 Å². The van der Waals surface area contributed by atoms with Gasteiger partial charge in [0.05, 0.1) is 10.8 Å². The number of carbonyl (C=O) groups excluding carboxylic acids is 6. The van der Waals surface area contributed by atoms with E-state index in [9.17, 15) is 38.2 Å². The zero-order chi connectivity index (χ0) is 41.8. The van der Waals surface area contributed by atoms with Crippen LogP contribution in [0.5, 0.6) is 0 Å². The van der Waals surface area contributed by atoms with Gasteiger partial charge in [0, 0.05) is 38.9 Å². The fourth-order valence-corrected chi connectivity index (χ4v) is 6.79. The van der Waals surface area contributed by atoms with E-state index in [-0.39, 0.29) is 24.8 Å². The topological polar surface area (TPSA) is 195 Å². The molecule has 3 atom stereocenters. The molecule has 1 unspecified atom stereocenters. The molecule has 0 aliphatic heterocycles. The lowest BCUT2D eigenvalue weighted by Gasteiger charge is -2.28. The Labute approximate surface area is 322 Å². The van der Waals surface area contributed by atoms with Crippen molar-refractivity contribution in [2.45, 2.75) is 130 Å². The quantitative estimate of drug-likeness (QED) is 0.0932. The van der Waals surface area contributed by atoms with Crippen LogP contribution in [0.1, 0.15) is 117 Å². The van der Waals surface area contributed by atoms with E-state index in [2.05, 4.69) is 15.2 Å². The summed E-state index contributed by atoms with van der Waals surface area (Å²) < 4.78 is 57.0. The number of likely N-dealkylation sites (N-methyl/N-ethyl adjacent to an activating group) is 1. The Morgan fingerprint density at radius 2 is 1.47 bits per heavy atom. The lowest BCUT2D eigenvalue weighted by atomic mass is 9.86. The van der Waals surface area contributed by atoms with Gasteiger partial charge < -0.3 is 34.4 Å². The molecule has 1 aromatic carbocycles. The largest absolute Gasteiger partial charge is 0.452 e. The zero-order valence-corrected chi connectivity index (χ0v) is 34.1. The summed E-state index contributed by atoms with van der Waals surface area (Å²) >= 11 is 0. The molecule has 310 valence electrons. The number of nitrogens with one attached hydrogen (secondary N) is 2. The molecule has 3 amide bonds. The fourth-order valence-electron chi connectivity index (χ4n) is 5.70. The lowest BCUT2D eigenvalue weighted by Crippen LogP contribution is -2.54. The van der Waals surface area contributed by atoms with Crippen LogP contribution in [-0.2, 0) is 59.4 Å². The van der Waals surface area contributed by atoms with Gasteiger partial charge in [0.25, 0.3) is 0 Å². The third kappa shape index (κ3) is 15.3. The summed E-state index contributed by atoms with van der Waals surface area (Å²) in [7, 11) is -4.23. The number of halogens is 2. The van der Waals surface area contributed by atoms with Gasteiger partial charge >= 0.3 is 31.2 Å². The molecule has 1 aromatic rings. The number of hydrogen-bond acceptors (Lipinski definition) is 10. The number of rotatable bonds is 18. The first-order valence-corrected chi connectivity index (χ1v) is 20.1. The summed E-state index contributed by atoms with van der Waals surface area (Å²) in [5.41, 5.74) is -7.28. The van der Waals surface area contributed by atoms with E-state index in [1.807, 2.05) is 0 Å². The van der Waals surface area contributed by atoms with Crippen LogP contribution in [0.2, 0.25) is 0 Å². The van der Waals surface area contributed by atoms with Crippen molar-refractivity contribution in [3.8, 4) is 0 Å². The predicted molar refractivity (Wildman–Crippen MR) is 198 cm³/mol. The summed E-state index contributed by atoms with van der Waals surface area (Å²) in [6, 6.07) is 1.44. The Hall–Kier alpha value is -3.91. The van der Waals surface area contributed by atoms with E-state index in [1.54, 1.807) is 27.8 Å². The summed E-state index contributed by atoms with van der Waals surface area (Å²) in [6.07, 6.45) is 6.80. The number of ether oxygens (including phenoxy) is 2. The van der Waals surface area contributed by atoms with Crippen molar-refractivity contribution >= 4 is 43.2 Å². The molecule has 1 saturated carbocycles. The van der Waals surface area contributed by atoms with Crippen molar-refractivity contribution in [2.75, 3.05) is 20.4 Å². The molecular formula is C38H58F2N3O11P. The molecule has 17 heteroatoms. The van der Waals surface area contributed by atoms with Crippen LogP contribution in [0.4, 0.5) is 8.78 Å². The molecule has 14 nitrogen and oxygen atoms in total. The number of nitrogens with zero attached hydrogens (tertiary/aromatic N) is 1. The molecule has 0 spiro atoms. The van der Waals surface area contributed by atoms with Crippen LogP contribution in [0.3, 0.4) is 0 Å². The molecule has 0 aromatic heterocycles. The maximum atomic E-state index is 15.1. The Balaban J connectivity index is 2.21. The van der Waals surface area contributed by atoms with Gasteiger partial charge in [-0.3, -0.25) is 28.8 Å². The van der Waals surface area contributed by atoms with Crippen molar-refractivity contribution in [1.82, 2.24) is 15.5 Å². The van der Waals surface area contributed by atoms with Crippen LogP contribution in [0.15, 0.2) is 24.3 Å². The van der Waals surface area contributed by atoms with Crippen molar-refractivity contribution in [1.29, 1.82) is 0 Å². The molecule has 55 heavy (non-hydrogen) atoms. The minimum Gasteiger partial charge on any atom is -0.428 e. The smallest absolute Gasteiger partial charge is 0.428 e. The third-order valence-electron chi connectivity index (χ3n) is 9.09. The van der Waals surface area contributed by atoms with Crippen LogP contribution >= 0.6 is 7.60 Å². The maximum absolute atomic E-state index is 15.1. The first-order valence-electron chi connectivity index (χ1n) is 18.5. The maximum Gasteiger partial charge on any atom is 0.452 e. The zero-order valence-electron chi connectivity index (χ0n) is 33.2. The summed E-state index contributed by atoms with van der Waals surface area (Å²) in [6.45, 7) is 9.84. The average molecular weight is 802 g/mol. The number of carbonyl (C=O) groups is 6. The number of hydrogen-bond donors (Lipinski definition) is 3. The van der Waals surface area contributed by atoms with Crippen molar-refractivity contribution in [2.24, 2.45) is 16.7 Å². The predicted octanol–water partition coefficient (Wildman–Crippen LogP) is 5.73. The molecule has 2 rings (SSSR count). The Bertz CT molecular complexity index is 1550. The minimum absolute atomic E-state index is 0.193. The van der Waals surface area contributed by atoms with E-state index in [0.717, 1.165) is 56.9 Å². The van der Waals surface area contributed by atoms with Crippen molar-refractivity contribution < 1.29 is 61.0 Å². The number of esters is 2. The van der Waals surface area contributed by atoms with Crippen LogP contribution < -0.4 is 10.6 Å². The molecule has 1 fully saturated rings. The minimum atomic E-state index is -5.82. The second kappa shape index (κ2) is 20.3.